The van der Waals surface area contributed by atoms with Crippen LogP contribution in [0.5, 0.6) is 0 Å². The maximum absolute atomic E-state index is 11.3. The number of ether oxygens (including phenoxy) is 1. The molecule has 1 amide bonds. The van der Waals surface area contributed by atoms with E-state index >= 15 is 0 Å². The minimum absolute atomic E-state index is 0.184. The van der Waals surface area contributed by atoms with Gasteiger partial charge in [0.25, 0.3) is 0 Å². The Morgan fingerprint density at radius 1 is 1.42 bits per heavy atom. The Bertz CT molecular complexity index is 160. The predicted molar refractivity (Wildman–Crippen MR) is 46.9 cm³/mol. The third kappa shape index (κ3) is 2.21. The highest BCUT2D eigenvalue weighted by Gasteiger charge is 2.24. The van der Waals surface area contributed by atoms with Crippen molar-refractivity contribution in [3.63, 3.8) is 0 Å². The topological polar surface area (TPSA) is 29.5 Å². The fraction of sp³-hybridized carbons (Fsp3) is 0.889. The van der Waals surface area contributed by atoms with Gasteiger partial charge in [0.1, 0.15) is 0 Å². The van der Waals surface area contributed by atoms with E-state index in [2.05, 4.69) is 0 Å². The maximum atomic E-state index is 11.3. The Labute approximate surface area is 73.7 Å². The quantitative estimate of drug-likeness (QED) is 0.589. The van der Waals surface area contributed by atoms with Crippen molar-refractivity contribution < 1.29 is 9.53 Å². The number of rotatable bonds is 1. The van der Waals surface area contributed by atoms with Crippen LogP contribution in [-0.2, 0) is 9.53 Å². The van der Waals surface area contributed by atoms with Gasteiger partial charge in [0, 0.05) is 19.5 Å². The van der Waals surface area contributed by atoms with Crippen LogP contribution < -0.4 is 0 Å². The lowest BCUT2D eigenvalue weighted by molar-refractivity contribution is -0.142. The third-order valence-electron chi connectivity index (χ3n) is 2.07. The molecule has 0 aromatic heterocycles. The Balaban J connectivity index is 2.49. The van der Waals surface area contributed by atoms with Crippen molar-refractivity contribution in [1.29, 1.82) is 0 Å². The lowest BCUT2D eigenvalue weighted by atomic mass is 10.2. The molecule has 12 heavy (non-hydrogen) atoms. The molecule has 0 radical (unpaired) electrons. The first-order chi connectivity index (χ1) is 5.63. The smallest absolute Gasteiger partial charge is 0.222 e. The van der Waals surface area contributed by atoms with Crippen LogP contribution in [-0.4, -0.2) is 36.1 Å². The van der Waals surface area contributed by atoms with E-state index < -0.39 is 0 Å². The fourth-order valence-electron chi connectivity index (χ4n) is 1.61. The summed E-state index contributed by atoms with van der Waals surface area (Å²) >= 11 is 0. The first-order valence-electron chi connectivity index (χ1n) is 4.56. The van der Waals surface area contributed by atoms with Gasteiger partial charge in [-0.1, -0.05) is 6.92 Å². The van der Waals surface area contributed by atoms with Crippen LogP contribution in [0.4, 0.5) is 0 Å². The number of hydrogen-bond acceptors (Lipinski definition) is 2. The summed E-state index contributed by atoms with van der Waals surface area (Å²) in [6, 6.07) is 0. The van der Waals surface area contributed by atoms with E-state index in [1.165, 1.54) is 0 Å². The zero-order chi connectivity index (χ0) is 9.14. The SMILES string of the molecule is CCC(=O)N1C[C@H](C)O[C@@H](C)C1. The third-order valence-corrected chi connectivity index (χ3v) is 2.07. The fourth-order valence-corrected chi connectivity index (χ4v) is 1.61. The van der Waals surface area contributed by atoms with Crippen molar-refractivity contribution in [2.24, 2.45) is 0 Å². The van der Waals surface area contributed by atoms with E-state index in [-0.39, 0.29) is 18.1 Å². The number of carbonyl (C=O) groups is 1. The van der Waals surface area contributed by atoms with Crippen LogP contribution in [0.1, 0.15) is 27.2 Å². The molecule has 0 saturated carbocycles. The largest absolute Gasteiger partial charge is 0.372 e. The molecule has 1 saturated heterocycles. The van der Waals surface area contributed by atoms with Crippen molar-refractivity contribution in [3.8, 4) is 0 Å². The molecule has 3 heteroatoms. The number of hydrogen-bond donors (Lipinski definition) is 0. The van der Waals surface area contributed by atoms with Gasteiger partial charge in [-0.25, -0.2) is 0 Å². The van der Waals surface area contributed by atoms with Gasteiger partial charge in [0.2, 0.25) is 5.91 Å². The van der Waals surface area contributed by atoms with Gasteiger partial charge < -0.3 is 9.64 Å². The van der Waals surface area contributed by atoms with Gasteiger partial charge in [-0.15, -0.1) is 0 Å². The number of nitrogens with zero attached hydrogens (tertiary/aromatic N) is 1. The minimum Gasteiger partial charge on any atom is -0.372 e. The highest BCUT2D eigenvalue weighted by molar-refractivity contribution is 5.75. The van der Waals surface area contributed by atoms with Crippen LogP contribution in [0.25, 0.3) is 0 Å². The van der Waals surface area contributed by atoms with Gasteiger partial charge in [-0.05, 0) is 13.8 Å². The maximum Gasteiger partial charge on any atom is 0.222 e. The minimum atomic E-state index is 0.184. The van der Waals surface area contributed by atoms with E-state index in [1.807, 2.05) is 25.7 Å². The molecule has 0 unspecified atom stereocenters. The lowest BCUT2D eigenvalue weighted by Gasteiger charge is -2.35. The molecular weight excluding hydrogens is 154 g/mol. The summed E-state index contributed by atoms with van der Waals surface area (Å²) in [6.45, 7) is 7.40. The van der Waals surface area contributed by atoms with E-state index in [1.54, 1.807) is 0 Å². The van der Waals surface area contributed by atoms with Gasteiger partial charge in [0.15, 0.2) is 0 Å². The van der Waals surface area contributed by atoms with E-state index in [0.29, 0.717) is 6.42 Å². The Morgan fingerprint density at radius 2 is 1.92 bits per heavy atom. The van der Waals surface area contributed by atoms with Gasteiger partial charge in [-0.2, -0.15) is 0 Å². The standard InChI is InChI=1S/C9H17NO2/c1-4-9(11)10-5-7(2)12-8(3)6-10/h7-8H,4-6H2,1-3H3/t7-,8-/m0/s1. The van der Waals surface area contributed by atoms with Crippen molar-refractivity contribution >= 4 is 5.91 Å². The molecule has 1 aliphatic rings. The molecule has 0 aromatic carbocycles. The van der Waals surface area contributed by atoms with Crippen molar-refractivity contribution in [3.05, 3.63) is 0 Å². The van der Waals surface area contributed by atoms with Crippen LogP contribution in [0, 0.1) is 0 Å². The Kier molecular flexibility index (Phi) is 3.09. The second-order valence-corrected chi connectivity index (χ2v) is 3.41. The first kappa shape index (κ1) is 9.52. The van der Waals surface area contributed by atoms with Crippen LogP contribution >= 0.6 is 0 Å². The molecule has 0 aliphatic carbocycles. The van der Waals surface area contributed by atoms with Crippen molar-refractivity contribution in [1.82, 2.24) is 4.90 Å². The predicted octanol–water partition coefficient (Wildman–Crippen LogP) is 1.03. The molecule has 3 nitrogen and oxygen atoms in total. The second-order valence-electron chi connectivity index (χ2n) is 3.41. The van der Waals surface area contributed by atoms with Gasteiger partial charge in [-0.3, -0.25) is 4.79 Å². The summed E-state index contributed by atoms with van der Waals surface area (Å²) in [5, 5.41) is 0. The number of amides is 1. The summed E-state index contributed by atoms with van der Waals surface area (Å²) < 4.78 is 5.52. The molecule has 1 aliphatic heterocycles. The Morgan fingerprint density at radius 3 is 2.33 bits per heavy atom. The average molecular weight is 171 g/mol. The zero-order valence-electron chi connectivity index (χ0n) is 8.04. The van der Waals surface area contributed by atoms with Gasteiger partial charge in [0.05, 0.1) is 12.2 Å². The molecule has 0 spiro atoms. The van der Waals surface area contributed by atoms with Crippen molar-refractivity contribution in [2.45, 2.75) is 39.4 Å². The summed E-state index contributed by atoms with van der Waals surface area (Å²) in [6.07, 6.45) is 0.966. The molecule has 0 N–H and O–H groups in total. The van der Waals surface area contributed by atoms with Crippen LogP contribution in [0.15, 0.2) is 0 Å². The summed E-state index contributed by atoms with van der Waals surface area (Å²) in [5.41, 5.74) is 0. The molecule has 1 heterocycles. The molecule has 1 rings (SSSR count). The zero-order valence-corrected chi connectivity index (χ0v) is 8.04. The monoisotopic (exact) mass is 171 g/mol. The van der Waals surface area contributed by atoms with Crippen LogP contribution in [0.2, 0.25) is 0 Å². The van der Waals surface area contributed by atoms with Crippen molar-refractivity contribution in [2.75, 3.05) is 13.1 Å². The lowest BCUT2D eigenvalue weighted by Crippen LogP contribution is -2.47. The summed E-state index contributed by atoms with van der Waals surface area (Å²) in [7, 11) is 0. The molecule has 0 aromatic rings. The molecule has 70 valence electrons. The normalized spacial score (nSPS) is 30.4. The highest BCUT2D eigenvalue weighted by atomic mass is 16.5. The van der Waals surface area contributed by atoms with E-state index in [0.717, 1.165) is 13.1 Å². The summed E-state index contributed by atoms with van der Waals surface area (Å²) in [4.78, 5) is 13.2. The average Bonchev–Trinajstić information content (AvgIpc) is 2.01. The Hall–Kier alpha value is -0.570. The summed E-state index contributed by atoms with van der Waals surface area (Å²) in [5.74, 6) is 0.233. The molecular formula is C9H17NO2. The molecule has 1 fully saturated rings. The van der Waals surface area contributed by atoms with E-state index in [4.69, 9.17) is 4.74 Å². The van der Waals surface area contributed by atoms with Gasteiger partial charge >= 0.3 is 0 Å². The highest BCUT2D eigenvalue weighted by Crippen LogP contribution is 2.11. The molecule has 0 bridgehead atoms. The second kappa shape index (κ2) is 3.90. The van der Waals surface area contributed by atoms with Crippen LogP contribution in [0.3, 0.4) is 0 Å². The van der Waals surface area contributed by atoms with E-state index in [9.17, 15) is 4.79 Å². The first-order valence-corrected chi connectivity index (χ1v) is 4.56. The number of morpholine rings is 1. The molecule has 2 atom stereocenters. The number of carbonyl (C=O) groups excluding carboxylic acids is 1.